The number of benzene rings is 1. The van der Waals surface area contributed by atoms with E-state index in [0.29, 0.717) is 0 Å². The van der Waals surface area contributed by atoms with E-state index in [1.807, 2.05) is 42.3 Å². The fourth-order valence-corrected chi connectivity index (χ4v) is 2.31. The van der Waals surface area contributed by atoms with Crippen molar-refractivity contribution in [2.75, 3.05) is 12.4 Å². The van der Waals surface area contributed by atoms with Crippen LogP contribution in [0.1, 0.15) is 5.56 Å². The van der Waals surface area contributed by atoms with Crippen LogP contribution in [0.3, 0.4) is 0 Å². The molecule has 0 bridgehead atoms. The molecule has 88 valence electrons. The predicted octanol–water partition coefficient (Wildman–Crippen LogP) is 3.58. The lowest BCUT2D eigenvalue weighted by atomic mass is 10.3. The molecule has 2 rings (SSSR count). The number of para-hydroxylation sites is 1. The van der Waals surface area contributed by atoms with Crippen molar-refractivity contribution >= 4 is 34.4 Å². The van der Waals surface area contributed by atoms with Gasteiger partial charge in [-0.1, -0.05) is 18.2 Å². The van der Waals surface area contributed by atoms with Crippen molar-refractivity contribution in [3.8, 4) is 0 Å². The molecule has 0 saturated heterocycles. The van der Waals surface area contributed by atoms with Gasteiger partial charge in [-0.15, -0.1) is 0 Å². The molecule has 1 N–H and O–H groups in total. The Morgan fingerprint density at radius 3 is 2.71 bits per heavy atom. The number of thiocarbonyl (C=S) groups is 1. The molecule has 0 unspecified atom stereocenters. The zero-order valence-corrected chi connectivity index (χ0v) is 11.2. The van der Waals surface area contributed by atoms with Crippen LogP contribution in [-0.2, 0) is 6.54 Å². The van der Waals surface area contributed by atoms with Crippen LogP contribution in [0.5, 0.6) is 0 Å². The second-order valence-electron chi connectivity index (χ2n) is 3.78. The maximum atomic E-state index is 5.35. The van der Waals surface area contributed by atoms with E-state index in [1.165, 1.54) is 5.56 Å². The van der Waals surface area contributed by atoms with Gasteiger partial charge in [-0.05, 0) is 46.7 Å². The summed E-state index contributed by atoms with van der Waals surface area (Å²) in [6, 6.07) is 12.1. The summed E-state index contributed by atoms with van der Waals surface area (Å²) in [5, 5.41) is 8.17. The van der Waals surface area contributed by atoms with Crippen LogP contribution < -0.4 is 5.32 Å². The second-order valence-corrected chi connectivity index (χ2v) is 4.95. The highest BCUT2D eigenvalue weighted by Gasteiger charge is 2.05. The highest BCUT2D eigenvalue weighted by atomic mass is 32.1. The Bertz CT molecular complexity index is 465. The Morgan fingerprint density at radius 1 is 1.29 bits per heavy atom. The monoisotopic (exact) mass is 262 g/mol. The molecule has 0 aliphatic rings. The van der Waals surface area contributed by atoms with E-state index in [0.717, 1.165) is 17.3 Å². The standard InChI is InChI=1S/C13H14N2S2/c1-15(9-11-7-8-17-10-11)13(16)14-12-5-3-2-4-6-12/h2-8,10H,9H2,1H3,(H,14,16). The van der Waals surface area contributed by atoms with E-state index in [2.05, 4.69) is 22.1 Å². The molecule has 0 spiro atoms. The van der Waals surface area contributed by atoms with E-state index >= 15 is 0 Å². The molecule has 0 fully saturated rings. The van der Waals surface area contributed by atoms with Crippen LogP contribution >= 0.6 is 23.6 Å². The van der Waals surface area contributed by atoms with Crippen molar-refractivity contribution in [3.05, 3.63) is 52.7 Å². The van der Waals surface area contributed by atoms with Gasteiger partial charge in [-0.2, -0.15) is 11.3 Å². The van der Waals surface area contributed by atoms with Crippen molar-refractivity contribution in [1.29, 1.82) is 0 Å². The zero-order chi connectivity index (χ0) is 12.1. The summed E-state index contributed by atoms with van der Waals surface area (Å²) in [7, 11) is 2.00. The molecule has 0 saturated carbocycles. The Balaban J connectivity index is 1.92. The number of rotatable bonds is 3. The molecule has 1 heterocycles. The molecule has 0 aliphatic carbocycles. The van der Waals surface area contributed by atoms with Crippen molar-refractivity contribution in [2.24, 2.45) is 0 Å². The number of hydrogen-bond donors (Lipinski definition) is 1. The van der Waals surface area contributed by atoms with Gasteiger partial charge in [0.05, 0.1) is 0 Å². The smallest absolute Gasteiger partial charge is 0.173 e. The van der Waals surface area contributed by atoms with Gasteiger partial charge in [0.25, 0.3) is 0 Å². The lowest BCUT2D eigenvalue weighted by molar-refractivity contribution is 0.509. The van der Waals surface area contributed by atoms with Gasteiger partial charge in [0.1, 0.15) is 0 Å². The fourth-order valence-electron chi connectivity index (χ4n) is 1.47. The summed E-state index contributed by atoms with van der Waals surface area (Å²) in [6.07, 6.45) is 0. The molecule has 17 heavy (non-hydrogen) atoms. The summed E-state index contributed by atoms with van der Waals surface area (Å²) in [5.41, 5.74) is 2.31. The molecule has 1 aromatic heterocycles. The summed E-state index contributed by atoms with van der Waals surface area (Å²) in [6.45, 7) is 0.835. The van der Waals surface area contributed by atoms with Gasteiger partial charge in [0, 0.05) is 19.3 Å². The van der Waals surface area contributed by atoms with E-state index < -0.39 is 0 Å². The average Bonchev–Trinajstić information content (AvgIpc) is 2.83. The van der Waals surface area contributed by atoms with Crippen molar-refractivity contribution in [1.82, 2.24) is 4.90 Å². The predicted molar refractivity (Wildman–Crippen MR) is 78.4 cm³/mol. The average molecular weight is 262 g/mol. The lowest BCUT2D eigenvalue weighted by Crippen LogP contribution is -2.30. The van der Waals surface area contributed by atoms with Crippen molar-refractivity contribution in [3.63, 3.8) is 0 Å². The third-order valence-electron chi connectivity index (χ3n) is 2.37. The first-order valence-electron chi connectivity index (χ1n) is 5.34. The molecule has 4 heteroatoms. The first-order chi connectivity index (χ1) is 8.25. The number of nitrogens with zero attached hydrogens (tertiary/aromatic N) is 1. The van der Waals surface area contributed by atoms with Gasteiger partial charge in [0.2, 0.25) is 0 Å². The molecular formula is C13H14N2S2. The molecule has 2 aromatic rings. The molecular weight excluding hydrogens is 248 g/mol. The van der Waals surface area contributed by atoms with E-state index in [-0.39, 0.29) is 0 Å². The van der Waals surface area contributed by atoms with Crippen LogP contribution in [0.15, 0.2) is 47.2 Å². The highest BCUT2D eigenvalue weighted by molar-refractivity contribution is 7.80. The fraction of sp³-hybridized carbons (Fsp3) is 0.154. The Morgan fingerprint density at radius 2 is 2.06 bits per heavy atom. The van der Waals surface area contributed by atoms with E-state index in [9.17, 15) is 0 Å². The minimum atomic E-state index is 0.738. The first kappa shape index (κ1) is 12.1. The van der Waals surface area contributed by atoms with Crippen LogP contribution in [0.4, 0.5) is 5.69 Å². The highest BCUT2D eigenvalue weighted by Crippen LogP contribution is 2.10. The van der Waals surface area contributed by atoms with Crippen molar-refractivity contribution < 1.29 is 0 Å². The zero-order valence-electron chi connectivity index (χ0n) is 9.59. The van der Waals surface area contributed by atoms with Crippen molar-refractivity contribution in [2.45, 2.75) is 6.54 Å². The Kier molecular flexibility index (Phi) is 4.12. The summed E-state index contributed by atoms with van der Waals surface area (Å²) < 4.78 is 0. The summed E-state index contributed by atoms with van der Waals surface area (Å²) in [4.78, 5) is 2.03. The molecule has 0 aliphatic heterocycles. The summed E-state index contributed by atoms with van der Waals surface area (Å²) >= 11 is 7.06. The topological polar surface area (TPSA) is 15.3 Å². The van der Waals surface area contributed by atoms with Gasteiger partial charge in [-0.25, -0.2) is 0 Å². The van der Waals surface area contributed by atoms with Crippen LogP contribution in [0.2, 0.25) is 0 Å². The molecule has 0 radical (unpaired) electrons. The first-order valence-corrected chi connectivity index (χ1v) is 6.69. The number of nitrogens with one attached hydrogen (secondary N) is 1. The van der Waals surface area contributed by atoms with Gasteiger partial charge in [0.15, 0.2) is 5.11 Å². The van der Waals surface area contributed by atoms with Crippen LogP contribution in [-0.4, -0.2) is 17.1 Å². The SMILES string of the molecule is CN(Cc1ccsc1)C(=S)Nc1ccccc1. The minimum absolute atomic E-state index is 0.738. The largest absolute Gasteiger partial charge is 0.348 e. The van der Waals surface area contributed by atoms with Gasteiger partial charge >= 0.3 is 0 Å². The normalized spacial score (nSPS) is 9.94. The minimum Gasteiger partial charge on any atom is -0.348 e. The molecule has 1 aromatic carbocycles. The summed E-state index contributed by atoms with van der Waals surface area (Å²) in [5.74, 6) is 0. The third-order valence-corrected chi connectivity index (χ3v) is 3.52. The van der Waals surface area contributed by atoms with Gasteiger partial charge < -0.3 is 10.2 Å². The molecule has 2 nitrogen and oxygen atoms in total. The quantitative estimate of drug-likeness (QED) is 0.851. The van der Waals surface area contributed by atoms with Crippen LogP contribution in [0, 0.1) is 0 Å². The van der Waals surface area contributed by atoms with Crippen LogP contribution in [0.25, 0.3) is 0 Å². The number of thiophene rings is 1. The Hall–Kier alpha value is -1.39. The van der Waals surface area contributed by atoms with E-state index in [4.69, 9.17) is 12.2 Å². The number of anilines is 1. The molecule has 0 atom stereocenters. The molecule has 0 amide bonds. The maximum Gasteiger partial charge on any atom is 0.173 e. The van der Waals surface area contributed by atoms with Gasteiger partial charge in [-0.3, -0.25) is 0 Å². The Labute approximate surface area is 111 Å². The van der Waals surface area contributed by atoms with E-state index in [1.54, 1.807) is 11.3 Å². The maximum absolute atomic E-state index is 5.35. The lowest BCUT2D eigenvalue weighted by Gasteiger charge is -2.20. The number of hydrogen-bond acceptors (Lipinski definition) is 2. The third kappa shape index (κ3) is 3.54. The second kappa shape index (κ2) is 5.80.